The van der Waals surface area contributed by atoms with Gasteiger partial charge in [-0.3, -0.25) is 0 Å². The molecule has 0 fully saturated rings. The molecule has 0 aliphatic heterocycles. The molecule has 0 amide bonds. The van der Waals surface area contributed by atoms with Crippen molar-refractivity contribution in [2.75, 3.05) is 6.54 Å². The number of halogens is 2. The van der Waals surface area contributed by atoms with Crippen molar-refractivity contribution in [1.29, 1.82) is 0 Å². The molecule has 0 unspecified atom stereocenters. The van der Waals surface area contributed by atoms with Crippen molar-refractivity contribution in [2.45, 2.75) is 19.4 Å². The largest absolute Gasteiger partial charge is 0.330 e. The summed E-state index contributed by atoms with van der Waals surface area (Å²) in [6.07, 6.45) is 3.51. The molecule has 0 atom stereocenters. The molecule has 96 valence electrons. The van der Waals surface area contributed by atoms with E-state index in [9.17, 15) is 4.39 Å². The number of benzene rings is 1. The van der Waals surface area contributed by atoms with Crippen molar-refractivity contribution in [3.05, 3.63) is 45.9 Å². The second kappa shape index (κ2) is 6.06. The second-order valence-electron chi connectivity index (χ2n) is 4.04. The Balaban J connectivity index is 2.08. The zero-order valence-corrected chi connectivity index (χ0v) is 11.4. The monoisotopic (exact) mass is 312 g/mol. The average molecular weight is 313 g/mol. The van der Waals surface area contributed by atoms with Crippen LogP contribution in [-0.2, 0) is 13.0 Å². The van der Waals surface area contributed by atoms with E-state index in [1.54, 1.807) is 16.8 Å². The zero-order chi connectivity index (χ0) is 13.0. The molecule has 0 spiro atoms. The highest BCUT2D eigenvalue weighted by molar-refractivity contribution is 9.10. The molecule has 4 nitrogen and oxygen atoms in total. The van der Waals surface area contributed by atoms with Crippen molar-refractivity contribution >= 4 is 15.9 Å². The number of rotatable bonds is 5. The molecule has 2 aromatic rings. The summed E-state index contributed by atoms with van der Waals surface area (Å²) < 4.78 is 16.1. The maximum absolute atomic E-state index is 13.6. The molecule has 6 heteroatoms. The van der Waals surface area contributed by atoms with Gasteiger partial charge in [0.1, 0.15) is 5.82 Å². The predicted molar refractivity (Wildman–Crippen MR) is 70.6 cm³/mol. The van der Waals surface area contributed by atoms with E-state index < -0.39 is 0 Å². The summed E-state index contributed by atoms with van der Waals surface area (Å²) in [7, 11) is 0. The summed E-state index contributed by atoms with van der Waals surface area (Å²) >= 11 is 3.32. The molecule has 1 aromatic carbocycles. The van der Waals surface area contributed by atoms with E-state index in [2.05, 4.69) is 26.2 Å². The van der Waals surface area contributed by atoms with E-state index in [1.165, 1.54) is 6.07 Å². The SMILES string of the molecule is NCCCc1cn(Cc2cc(Br)ccc2F)nn1. The van der Waals surface area contributed by atoms with Gasteiger partial charge in [-0.2, -0.15) is 0 Å². The van der Waals surface area contributed by atoms with Crippen LogP contribution < -0.4 is 5.73 Å². The maximum Gasteiger partial charge on any atom is 0.128 e. The van der Waals surface area contributed by atoms with Crippen LogP contribution in [0.5, 0.6) is 0 Å². The van der Waals surface area contributed by atoms with Gasteiger partial charge in [-0.25, -0.2) is 9.07 Å². The van der Waals surface area contributed by atoms with Gasteiger partial charge in [0, 0.05) is 16.2 Å². The lowest BCUT2D eigenvalue weighted by atomic mass is 10.2. The van der Waals surface area contributed by atoms with Crippen LogP contribution in [0.3, 0.4) is 0 Å². The fourth-order valence-electron chi connectivity index (χ4n) is 1.65. The average Bonchev–Trinajstić information content (AvgIpc) is 2.79. The molecule has 2 N–H and O–H groups in total. The summed E-state index contributed by atoms with van der Waals surface area (Å²) in [5.74, 6) is -0.239. The highest BCUT2D eigenvalue weighted by atomic mass is 79.9. The van der Waals surface area contributed by atoms with Crippen molar-refractivity contribution in [3.8, 4) is 0 Å². The molecule has 0 aliphatic rings. The molecule has 0 saturated carbocycles. The van der Waals surface area contributed by atoms with Crippen molar-refractivity contribution in [1.82, 2.24) is 15.0 Å². The van der Waals surface area contributed by atoms with E-state index in [1.807, 2.05) is 6.20 Å². The van der Waals surface area contributed by atoms with Gasteiger partial charge >= 0.3 is 0 Å². The smallest absolute Gasteiger partial charge is 0.128 e. The fourth-order valence-corrected chi connectivity index (χ4v) is 2.06. The van der Waals surface area contributed by atoms with Crippen molar-refractivity contribution in [2.24, 2.45) is 5.73 Å². The Hall–Kier alpha value is -1.27. The van der Waals surface area contributed by atoms with Gasteiger partial charge in [0.25, 0.3) is 0 Å². The molecular formula is C12H14BrFN4. The molecule has 0 bridgehead atoms. The van der Waals surface area contributed by atoms with Crippen LogP contribution in [0.2, 0.25) is 0 Å². The quantitative estimate of drug-likeness (QED) is 0.920. The van der Waals surface area contributed by atoms with E-state index in [-0.39, 0.29) is 5.82 Å². The molecule has 1 heterocycles. The Bertz CT molecular complexity index is 527. The first kappa shape index (κ1) is 13.2. The number of nitrogens with zero attached hydrogens (tertiary/aromatic N) is 3. The van der Waals surface area contributed by atoms with Crippen LogP contribution in [0.15, 0.2) is 28.9 Å². The summed E-state index contributed by atoms with van der Waals surface area (Å²) in [6.45, 7) is 1.01. The highest BCUT2D eigenvalue weighted by Crippen LogP contribution is 2.16. The van der Waals surface area contributed by atoms with Crippen LogP contribution in [0, 0.1) is 5.82 Å². The highest BCUT2D eigenvalue weighted by Gasteiger charge is 2.06. The predicted octanol–water partition coefficient (Wildman–Crippen LogP) is 2.12. The third-order valence-electron chi connectivity index (χ3n) is 2.56. The van der Waals surface area contributed by atoms with Gasteiger partial charge in [0.2, 0.25) is 0 Å². The van der Waals surface area contributed by atoms with E-state index in [0.717, 1.165) is 23.0 Å². The van der Waals surface area contributed by atoms with Gasteiger partial charge < -0.3 is 5.73 Å². The number of nitrogens with two attached hydrogens (primary N) is 1. The van der Waals surface area contributed by atoms with E-state index in [4.69, 9.17) is 5.73 Å². The minimum Gasteiger partial charge on any atom is -0.330 e. The van der Waals surface area contributed by atoms with Crippen LogP contribution in [-0.4, -0.2) is 21.5 Å². The van der Waals surface area contributed by atoms with Gasteiger partial charge in [-0.05, 0) is 37.6 Å². The topological polar surface area (TPSA) is 56.7 Å². The number of hydrogen-bond donors (Lipinski definition) is 1. The lowest BCUT2D eigenvalue weighted by Crippen LogP contribution is -2.03. The number of aryl methyl sites for hydroxylation is 1. The Morgan fingerprint density at radius 2 is 2.22 bits per heavy atom. The summed E-state index contributed by atoms with van der Waals surface area (Å²) in [5, 5.41) is 8.00. The van der Waals surface area contributed by atoms with E-state index in [0.29, 0.717) is 18.7 Å². The van der Waals surface area contributed by atoms with Gasteiger partial charge in [0.05, 0.1) is 12.2 Å². The first-order chi connectivity index (χ1) is 8.69. The first-order valence-corrected chi connectivity index (χ1v) is 6.51. The maximum atomic E-state index is 13.6. The molecule has 18 heavy (non-hydrogen) atoms. The van der Waals surface area contributed by atoms with Crippen LogP contribution >= 0.6 is 15.9 Å². The zero-order valence-electron chi connectivity index (χ0n) is 9.81. The third kappa shape index (κ3) is 3.36. The first-order valence-electron chi connectivity index (χ1n) is 5.72. The van der Waals surface area contributed by atoms with Crippen LogP contribution in [0.25, 0.3) is 0 Å². The molecule has 1 aromatic heterocycles. The minimum absolute atomic E-state index is 0.239. The fraction of sp³-hybridized carbons (Fsp3) is 0.333. The molecular weight excluding hydrogens is 299 g/mol. The molecule has 0 radical (unpaired) electrons. The van der Waals surface area contributed by atoms with E-state index >= 15 is 0 Å². The normalized spacial score (nSPS) is 10.8. The lowest BCUT2D eigenvalue weighted by molar-refractivity contribution is 0.576. The van der Waals surface area contributed by atoms with Crippen molar-refractivity contribution < 1.29 is 4.39 Å². The third-order valence-corrected chi connectivity index (χ3v) is 3.06. The molecule has 2 rings (SSSR count). The molecule has 0 aliphatic carbocycles. The van der Waals surface area contributed by atoms with Crippen LogP contribution in [0.4, 0.5) is 4.39 Å². The second-order valence-corrected chi connectivity index (χ2v) is 4.95. The summed E-state index contributed by atoms with van der Waals surface area (Å²) in [5.41, 5.74) is 6.90. The number of hydrogen-bond acceptors (Lipinski definition) is 3. The Morgan fingerprint density at radius 1 is 1.39 bits per heavy atom. The Morgan fingerprint density at radius 3 is 3.00 bits per heavy atom. The Labute approximate surface area is 113 Å². The summed E-state index contributed by atoms with van der Waals surface area (Å²) in [6, 6.07) is 4.86. The van der Waals surface area contributed by atoms with Gasteiger partial charge in [0.15, 0.2) is 0 Å². The molecule has 0 saturated heterocycles. The van der Waals surface area contributed by atoms with Gasteiger partial charge in [-0.1, -0.05) is 21.1 Å². The summed E-state index contributed by atoms with van der Waals surface area (Å²) in [4.78, 5) is 0. The minimum atomic E-state index is -0.239. The Kier molecular flexibility index (Phi) is 4.43. The standard InChI is InChI=1S/C12H14BrFN4/c13-10-3-4-12(14)9(6-10)7-18-8-11(16-17-18)2-1-5-15/h3-4,6,8H,1-2,5,7,15H2. The van der Waals surface area contributed by atoms with Crippen LogP contribution in [0.1, 0.15) is 17.7 Å². The lowest BCUT2D eigenvalue weighted by Gasteiger charge is -2.03. The van der Waals surface area contributed by atoms with Crippen molar-refractivity contribution in [3.63, 3.8) is 0 Å². The number of aromatic nitrogens is 3. The van der Waals surface area contributed by atoms with Gasteiger partial charge in [-0.15, -0.1) is 5.10 Å².